The van der Waals surface area contributed by atoms with Gasteiger partial charge in [0.1, 0.15) is 0 Å². The normalized spacial score (nSPS) is 10.0. The molecule has 0 unspecified atom stereocenters. The summed E-state index contributed by atoms with van der Waals surface area (Å²) >= 11 is 11.6. The summed E-state index contributed by atoms with van der Waals surface area (Å²) in [5.74, 6) is -1.55. The molecule has 2 rings (SSSR count). The van der Waals surface area contributed by atoms with E-state index < -0.39 is 11.8 Å². The highest BCUT2D eigenvalue weighted by Gasteiger charge is 2.14. The highest BCUT2D eigenvalue weighted by molar-refractivity contribution is 6.42. The number of amides is 2. The molecule has 0 fully saturated rings. The SMILES string of the molecule is O=C(NCc1ccccn1)C(=O)Nc1ccc(Cl)c(Cl)c1. The molecule has 2 N–H and O–H groups in total. The first-order valence-corrected chi connectivity index (χ1v) is 6.76. The van der Waals surface area contributed by atoms with Crippen molar-refractivity contribution >= 4 is 40.7 Å². The number of carbonyl (C=O) groups excluding carboxylic acids is 2. The van der Waals surface area contributed by atoms with Crippen LogP contribution in [0, 0.1) is 0 Å². The van der Waals surface area contributed by atoms with Crippen LogP contribution in [0.4, 0.5) is 5.69 Å². The summed E-state index contributed by atoms with van der Waals surface area (Å²) in [5.41, 5.74) is 1.05. The number of nitrogens with zero attached hydrogens (tertiary/aromatic N) is 1. The summed E-state index contributed by atoms with van der Waals surface area (Å²) < 4.78 is 0. The highest BCUT2D eigenvalue weighted by Crippen LogP contribution is 2.24. The average Bonchev–Trinajstić information content (AvgIpc) is 2.49. The Morgan fingerprint density at radius 1 is 1.05 bits per heavy atom. The molecule has 108 valence electrons. The summed E-state index contributed by atoms with van der Waals surface area (Å²) in [7, 11) is 0. The number of aromatic nitrogens is 1. The van der Waals surface area contributed by atoms with Crippen molar-refractivity contribution in [3.63, 3.8) is 0 Å². The van der Waals surface area contributed by atoms with Crippen molar-refractivity contribution in [2.75, 3.05) is 5.32 Å². The minimum absolute atomic E-state index is 0.175. The topological polar surface area (TPSA) is 71.1 Å². The molecule has 1 aromatic carbocycles. The number of carbonyl (C=O) groups is 2. The Morgan fingerprint density at radius 3 is 2.52 bits per heavy atom. The van der Waals surface area contributed by atoms with Gasteiger partial charge in [-0.05, 0) is 30.3 Å². The van der Waals surface area contributed by atoms with Crippen LogP contribution in [0.2, 0.25) is 10.0 Å². The fourth-order valence-electron chi connectivity index (χ4n) is 1.52. The van der Waals surface area contributed by atoms with Crippen LogP contribution in [0.15, 0.2) is 42.6 Å². The molecule has 5 nitrogen and oxygen atoms in total. The maximum atomic E-state index is 11.7. The van der Waals surface area contributed by atoms with E-state index in [0.717, 1.165) is 0 Å². The first-order valence-electron chi connectivity index (χ1n) is 6.00. The molecule has 1 heterocycles. The monoisotopic (exact) mass is 323 g/mol. The Morgan fingerprint density at radius 2 is 1.86 bits per heavy atom. The van der Waals surface area contributed by atoms with E-state index in [4.69, 9.17) is 23.2 Å². The van der Waals surface area contributed by atoms with Crippen LogP contribution in [-0.2, 0) is 16.1 Å². The Kier molecular flexibility index (Phi) is 5.14. The van der Waals surface area contributed by atoms with Crippen molar-refractivity contribution in [2.45, 2.75) is 6.54 Å². The van der Waals surface area contributed by atoms with E-state index in [0.29, 0.717) is 21.4 Å². The van der Waals surface area contributed by atoms with Crippen LogP contribution in [0.25, 0.3) is 0 Å². The average molecular weight is 324 g/mol. The molecule has 2 amide bonds. The number of hydrogen-bond acceptors (Lipinski definition) is 3. The van der Waals surface area contributed by atoms with Gasteiger partial charge in [-0.25, -0.2) is 0 Å². The van der Waals surface area contributed by atoms with E-state index >= 15 is 0 Å². The van der Waals surface area contributed by atoms with E-state index in [9.17, 15) is 9.59 Å². The quantitative estimate of drug-likeness (QED) is 0.853. The van der Waals surface area contributed by atoms with Gasteiger partial charge in [0.05, 0.1) is 22.3 Å². The van der Waals surface area contributed by atoms with Crippen LogP contribution in [0.1, 0.15) is 5.69 Å². The molecule has 2 aromatic rings. The second-order valence-corrected chi connectivity index (χ2v) is 4.90. The second kappa shape index (κ2) is 7.06. The standard InChI is InChI=1S/C14H11Cl2N3O2/c15-11-5-4-9(7-12(11)16)19-14(21)13(20)18-8-10-3-1-2-6-17-10/h1-7H,8H2,(H,18,20)(H,19,21). The summed E-state index contributed by atoms with van der Waals surface area (Å²) in [5, 5.41) is 5.57. The van der Waals surface area contributed by atoms with Gasteiger partial charge < -0.3 is 10.6 Å². The zero-order chi connectivity index (χ0) is 15.2. The molecular weight excluding hydrogens is 313 g/mol. The van der Waals surface area contributed by atoms with Gasteiger partial charge >= 0.3 is 11.8 Å². The number of nitrogens with one attached hydrogen (secondary N) is 2. The predicted octanol–water partition coefficient (Wildman–Crippen LogP) is 2.64. The third kappa shape index (κ3) is 4.44. The molecule has 0 aliphatic heterocycles. The van der Waals surface area contributed by atoms with Crippen molar-refractivity contribution in [3.8, 4) is 0 Å². The zero-order valence-electron chi connectivity index (χ0n) is 10.8. The summed E-state index contributed by atoms with van der Waals surface area (Å²) in [6.45, 7) is 0.175. The molecule has 0 aliphatic carbocycles. The highest BCUT2D eigenvalue weighted by atomic mass is 35.5. The van der Waals surface area contributed by atoms with Gasteiger partial charge in [0.25, 0.3) is 0 Å². The van der Waals surface area contributed by atoms with E-state index in [2.05, 4.69) is 15.6 Å². The van der Waals surface area contributed by atoms with E-state index in [-0.39, 0.29) is 6.54 Å². The van der Waals surface area contributed by atoms with E-state index in [1.807, 2.05) is 0 Å². The lowest BCUT2D eigenvalue weighted by molar-refractivity contribution is -0.136. The zero-order valence-corrected chi connectivity index (χ0v) is 12.3. The van der Waals surface area contributed by atoms with Crippen LogP contribution < -0.4 is 10.6 Å². The fourth-order valence-corrected chi connectivity index (χ4v) is 1.81. The van der Waals surface area contributed by atoms with Crippen molar-refractivity contribution in [1.29, 1.82) is 0 Å². The van der Waals surface area contributed by atoms with Crippen LogP contribution in [0.3, 0.4) is 0 Å². The molecule has 0 spiro atoms. The third-order valence-electron chi connectivity index (χ3n) is 2.54. The molecule has 21 heavy (non-hydrogen) atoms. The lowest BCUT2D eigenvalue weighted by Gasteiger charge is -2.07. The number of rotatable bonds is 3. The molecule has 1 aromatic heterocycles. The summed E-state index contributed by atoms with van der Waals surface area (Å²) in [6, 6.07) is 9.86. The molecule has 0 aliphatic rings. The maximum absolute atomic E-state index is 11.7. The number of halogens is 2. The largest absolute Gasteiger partial charge is 0.342 e. The Bertz CT molecular complexity index is 663. The third-order valence-corrected chi connectivity index (χ3v) is 3.28. The van der Waals surface area contributed by atoms with Crippen molar-refractivity contribution < 1.29 is 9.59 Å². The van der Waals surface area contributed by atoms with E-state index in [1.165, 1.54) is 12.1 Å². The number of pyridine rings is 1. The minimum atomic E-state index is -0.788. The maximum Gasteiger partial charge on any atom is 0.313 e. The van der Waals surface area contributed by atoms with Crippen molar-refractivity contribution in [1.82, 2.24) is 10.3 Å². The lowest BCUT2D eigenvalue weighted by atomic mass is 10.3. The minimum Gasteiger partial charge on any atom is -0.342 e. The van der Waals surface area contributed by atoms with Gasteiger partial charge in [-0.2, -0.15) is 0 Å². The first-order chi connectivity index (χ1) is 10.1. The van der Waals surface area contributed by atoms with E-state index in [1.54, 1.807) is 30.5 Å². The van der Waals surface area contributed by atoms with Crippen LogP contribution in [0.5, 0.6) is 0 Å². The lowest BCUT2D eigenvalue weighted by Crippen LogP contribution is -2.35. The van der Waals surface area contributed by atoms with Gasteiger partial charge in [-0.3, -0.25) is 14.6 Å². The van der Waals surface area contributed by atoms with Gasteiger partial charge in [0.2, 0.25) is 0 Å². The molecular formula is C14H11Cl2N3O2. The van der Waals surface area contributed by atoms with Gasteiger partial charge in [0, 0.05) is 11.9 Å². The Hall–Kier alpha value is -2.11. The molecule has 0 saturated carbocycles. The molecule has 0 atom stereocenters. The Balaban J connectivity index is 1.90. The van der Waals surface area contributed by atoms with Crippen molar-refractivity contribution in [2.24, 2.45) is 0 Å². The van der Waals surface area contributed by atoms with Gasteiger partial charge in [-0.1, -0.05) is 29.3 Å². The van der Waals surface area contributed by atoms with Gasteiger partial charge in [0.15, 0.2) is 0 Å². The first kappa shape index (κ1) is 15.3. The molecule has 0 bridgehead atoms. The summed E-state index contributed by atoms with van der Waals surface area (Å²) in [4.78, 5) is 27.4. The van der Waals surface area contributed by atoms with Gasteiger partial charge in [-0.15, -0.1) is 0 Å². The number of anilines is 1. The van der Waals surface area contributed by atoms with Crippen molar-refractivity contribution in [3.05, 3.63) is 58.3 Å². The fraction of sp³-hybridized carbons (Fsp3) is 0.0714. The second-order valence-electron chi connectivity index (χ2n) is 4.09. The van der Waals surface area contributed by atoms with Crippen LogP contribution in [-0.4, -0.2) is 16.8 Å². The Labute approximate surface area is 131 Å². The summed E-state index contributed by atoms with van der Waals surface area (Å²) in [6.07, 6.45) is 1.61. The number of hydrogen-bond donors (Lipinski definition) is 2. The molecule has 0 saturated heterocycles. The van der Waals surface area contributed by atoms with Crippen LogP contribution >= 0.6 is 23.2 Å². The smallest absolute Gasteiger partial charge is 0.313 e. The molecule has 0 radical (unpaired) electrons. The number of benzene rings is 1. The predicted molar refractivity (Wildman–Crippen MR) is 81.2 cm³/mol. The molecule has 7 heteroatoms.